The molecule has 176 valence electrons. The maximum Gasteiger partial charge on any atom is 0.321 e. The van der Waals surface area contributed by atoms with E-state index in [0.717, 1.165) is 29.8 Å². The molecule has 2 heterocycles. The summed E-state index contributed by atoms with van der Waals surface area (Å²) in [6.45, 7) is 2.94. The Bertz CT molecular complexity index is 1050. The molecule has 7 heteroatoms. The average Bonchev–Trinajstić information content (AvgIpc) is 2.90. The highest BCUT2D eigenvalue weighted by Gasteiger charge is 2.25. The molecule has 1 aliphatic heterocycles. The zero-order valence-electron chi connectivity index (χ0n) is 19.3. The minimum absolute atomic E-state index is 0.0149. The third kappa shape index (κ3) is 6.65. The van der Waals surface area contributed by atoms with Crippen molar-refractivity contribution in [3.8, 4) is 0 Å². The van der Waals surface area contributed by atoms with Gasteiger partial charge in [0.15, 0.2) is 0 Å². The highest BCUT2D eigenvalue weighted by atomic mass is 16.2. The highest BCUT2D eigenvalue weighted by Crippen LogP contribution is 2.27. The number of nitrogens with zero attached hydrogens (tertiary/aromatic N) is 3. The summed E-state index contributed by atoms with van der Waals surface area (Å²) in [5.41, 5.74) is 3.02. The molecule has 1 unspecified atom stereocenters. The largest absolute Gasteiger partial charge is 0.354 e. The van der Waals surface area contributed by atoms with Crippen molar-refractivity contribution >= 4 is 17.6 Å². The van der Waals surface area contributed by atoms with Crippen molar-refractivity contribution in [3.05, 3.63) is 96.3 Å². The summed E-state index contributed by atoms with van der Waals surface area (Å²) in [6, 6.07) is 23.4. The summed E-state index contributed by atoms with van der Waals surface area (Å²) in [5.74, 6) is -0.0149. The van der Waals surface area contributed by atoms with Gasteiger partial charge in [0.1, 0.15) is 0 Å². The quantitative estimate of drug-likeness (QED) is 0.619. The molecule has 2 N–H and O–H groups in total. The Morgan fingerprint density at radius 2 is 1.65 bits per heavy atom. The number of anilines is 1. The van der Waals surface area contributed by atoms with E-state index < -0.39 is 0 Å². The normalized spacial score (nSPS) is 17.9. The summed E-state index contributed by atoms with van der Waals surface area (Å²) in [4.78, 5) is 34.1. The summed E-state index contributed by atoms with van der Waals surface area (Å²) < 4.78 is 0. The van der Waals surface area contributed by atoms with Crippen molar-refractivity contribution in [2.45, 2.75) is 25.4 Å². The van der Waals surface area contributed by atoms with Crippen LogP contribution in [0, 0.1) is 0 Å². The molecule has 0 saturated carbocycles. The van der Waals surface area contributed by atoms with Crippen LogP contribution in [0.4, 0.5) is 10.5 Å². The van der Waals surface area contributed by atoms with E-state index in [9.17, 15) is 9.59 Å². The fourth-order valence-corrected chi connectivity index (χ4v) is 4.28. The molecule has 0 bridgehead atoms. The molecule has 34 heavy (non-hydrogen) atoms. The number of hydrogen-bond donors (Lipinski definition) is 2. The number of aromatic nitrogens is 1. The molecular weight excluding hydrogens is 426 g/mol. The van der Waals surface area contributed by atoms with Gasteiger partial charge in [-0.05, 0) is 41.8 Å². The van der Waals surface area contributed by atoms with Crippen LogP contribution in [0.2, 0.25) is 0 Å². The lowest BCUT2D eigenvalue weighted by atomic mass is 10.00. The monoisotopic (exact) mass is 457 g/mol. The predicted molar refractivity (Wildman–Crippen MR) is 133 cm³/mol. The van der Waals surface area contributed by atoms with Crippen molar-refractivity contribution < 1.29 is 9.59 Å². The average molecular weight is 458 g/mol. The van der Waals surface area contributed by atoms with Crippen LogP contribution < -0.4 is 10.6 Å². The molecule has 1 aromatic heterocycles. The summed E-state index contributed by atoms with van der Waals surface area (Å²) >= 11 is 0. The number of hydrogen-bond acceptors (Lipinski definition) is 4. The Morgan fingerprint density at radius 1 is 0.941 bits per heavy atom. The van der Waals surface area contributed by atoms with Crippen LogP contribution in [-0.4, -0.2) is 52.9 Å². The number of para-hydroxylation sites is 1. The maximum absolute atomic E-state index is 12.9. The minimum Gasteiger partial charge on any atom is -0.354 e. The fourth-order valence-electron chi connectivity index (χ4n) is 4.28. The number of pyridine rings is 1. The van der Waals surface area contributed by atoms with Gasteiger partial charge < -0.3 is 15.5 Å². The summed E-state index contributed by atoms with van der Waals surface area (Å²) in [5, 5.41) is 5.98. The molecule has 7 nitrogen and oxygen atoms in total. The molecule has 1 fully saturated rings. The van der Waals surface area contributed by atoms with E-state index in [1.54, 1.807) is 17.3 Å². The fraction of sp³-hybridized carbons (Fsp3) is 0.296. The Labute approximate surface area is 200 Å². The van der Waals surface area contributed by atoms with Crippen LogP contribution in [0.25, 0.3) is 0 Å². The van der Waals surface area contributed by atoms with E-state index in [-0.39, 0.29) is 18.0 Å². The molecule has 1 aliphatic rings. The molecule has 0 radical (unpaired) electrons. The molecule has 1 saturated heterocycles. The Balaban J connectivity index is 1.53. The van der Waals surface area contributed by atoms with Gasteiger partial charge in [0.05, 0.1) is 0 Å². The predicted octanol–water partition coefficient (Wildman–Crippen LogP) is 4.07. The SMILES string of the molecule is O=C1CC(c2ccccc2)N(Cc2ccncc2)CCCN(C(=O)Nc2ccccc2)CCN1. The number of nitrogens with one attached hydrogen (secondary N) is 2. The number of carbonyl (C=O) groups is 2. The molecule has 3 aromatic rings. The zero-order valence-corrected chi connectivity index (χ0v) is 19.3. The topological polar surface area (TPSA) is 77.6 Å². The Kier molecular flexibility index (Phi) is 8.24. The number of carbonyl (C=O) groups excluding carboxylic acids is 2. The second-order valence-corrected chi connectivity index (χ2v) is 8.44. The molecule has 2 aromatic carbocycles. The smallest absolute Gasteiger partial charge is 0.321 e. The van der Waals surface area contributed by atoms with E-state index >= 15 is 0 Å². The third-order valence-electron chi connectivity index (χ3n) is 6.03. The van der Waals surface area contributed by atoms with E-state index in [4.69, 9.17) is 0 Å². The lowest BCUT2D eigenvalue weighted by molar-refractivity contribution is -0.122. The van der Waals surface area contributed by atoms with Crippen LogP contribution in [0.3, 0.4) is 0 Å². The number of benzene rings is 2. The molecule has 1 atom stereocenters. The Hall–Kier alpha value is -3.71. The molecule has 3 amide bonds. The van der Waals surface area contributed by atoms with Gasteiger partial charge in [0, 0.05) is 63.3 Å². The Morgan fingerprint density at radius 3 is 2.38 bits per heavy atom. The van der Waals surface area contributed by atoms with E-state index in [2.05, 4.69) is 32.7 Å². The van der Waals surface area contributed by atoms with Crippen molar-refractivity contribution in [1.82, 2.24) is 20.1 Å². The van der Waals surface area contributed by atoms with Gasteiger partial charge in [-0.1, -0.05) is 48.5 Å². The first kappa shape index (κ1) is 23.4. The maximum atomic E-state index is 12.9. The summed E-state index contributed by atoms with van der Waals surface area (Å²) in [6.07, 6.45) is 4.75. The lowest BCUT2D eigenvalue weighted by Gasteiger charge is -2.32. The highest BCUT2D eigenvalue weighted by molar-refractivity contribution is 5.89. The van der Waals surface area contributed by atoms with Crippen molar-refractivity contribution in [2.75, 3.05) is 31.5 Å². The molecule has 0 aliphatic carbocycles. The van der Waals surface area contributed by atoms with Gasteiger partial charge in [-0.25, -0.2) is 4.79 Å². The van der Waals surface area contributed by atoms with Crippen molar-refractivity contribution in [2.24, 2.45) is 0 Å². The van der Waals surface area contributed by atoms with Gasteiger partial charge in [-0.15, -0.1) is 0 Å². The van der Waals surface area contributed by atoms with Crippen molar-refractivity contribution in [3.63, 3.8) is 0 Å². The van der Waals surface area contributed by atoms with Gasteiger partial charge in [-0.3, -0.25) is 14.7 Å². The van der Waals surface area contributed by atoms with E-state index in [1.807, 2.05) is 60.7 Å². The van der Waals surface area contributed by atoms with Crippen LogP contribution in [0.1, 0.15) is 30.0 Å². The van der Waals surface area contributed by atoms with E-state index in [0.29, 0.717) is 32.6 Å². The number of amides is 3. The first-order chi connectivity index (χ1) is 16.7. The molecular formula is C27H31N5O2. The second-order valence-electron chi connectivity index (χ2n) is 8.44. The minimum atomic E-state index is -0.153. The molecule has 0 spiro atoms. The summed E-state index contributed by atoms with van der Waals surface area (Å²) in [7, 11) is 0. The van der Waals surface area contributed by atoms with E-state index in [1.165, 1.54) is 0 Å². The second kappa shape index (κ2) is 12.0. The third-order valence-corrected chi connectivity index (χ3v) is 6.03. The van der Waals surface area contributed by atoms with Crippen LogP contribution >= 0.6 is 0 Å². The first-order valence-corrected chi connectivity index (χ1v) is 11.7. The van der Waals surface area contributed by atoms with Gasteiger partial charge in [0.2, 0.25) is 5.91 Å². The van der Waals surface area contributed by atoms with Gasteiger partial charge in [-0.2, -0.15) is 0 Å². The number of rotatable bonds is 4. The van der Waals surface area contributed by atoms with Crippen LogP contribution in [0.5, 0.6) is 0 Å². The van der Waals surface area contributed by atoms with Crippen LogP contribution in [0.15, 0.2) is 85.2 Å². The van der Waals surface area contributed by atoms with Gasteiger partial charge >= 0.3 is 6.03 Å². The zero-order chi connectivity index (χ0) is 23.6. The van der Waals surface area contributed by atoms with Crippen LogP contribution in [-0.2, 0) is 11.3 Å². The van der Waals surface area contributed by atoms with Crippen molar-refractivity contribution in [1.29, 1.82) is 0 Å². The molecule has 4 rings (SSSR count). The number of urea groups is 1. The lowest BCUT2D eigenvalue weighted by Crippen LogP contribution is -2.41. The standard InChI is InChI=1S/C27H31N5O2/c33-26-20-25(23-8-3-1-4-9-23)32(21-22-12-14-28-15-13-22)18-7-17-31(19-16-29-26)27(34)30-24-10-5-2-6-11-24/h1-6,8-15,25H,7,16-21H2,(H,29,33)(H,30,34). The van der Waals surface area contributed by atoms with Gasteiger partial charge in [0.25, 0.3) is 0 Å². The first-order valence-electron chi connectivity index (χ1n) is 11.7.